The molecule has 1 aromatic heterocycles. The summed E-state index contributed by atoms with van der Waals surface area (Å²) in [5, 5.41) is 6.90. The first kappa shape index (κ1) is 18.1. The van der Waals surface area contributed by atoms with Gasteiger partial charge in [-0.25, -0.2) is 0 Å². The van der Waals surface area contributed by atoms with Gasteiger partial charge < -0.3 is 25.2 Å². The van der Waals surface area contributed by atoms with Gasteiger partial charge in [0.2, 0.25) is 5.95 Å². The quantitative estimate of drug-likeness (QED) is 0.769. The van der Waals surface area contributed by atoms with E-state index in [1.54, 1.807) is 0 Å². The lowest BCUT2D eigenvalue weighted by molar-refractivity contribution is 0.122. The van der Waals surface area contributed by atoms with Gasteiger partial charge in [-0.1, -0.05) is 6.92 Å². The Balaban J connectivity index is 1.80. The molecule has 3 rings (SSSR count). The van der Waals surface area contributed by atoms with Gasteiger partial charge in [0.1, 0.15) is 11.6 Å². The number of morpholine rings is 1. The third-order valence-electron chi connectivity index (χ3n) is 4.48. The smallest absolute Gasteiger partial charge is 0.232 e. The van der Waals surface area contributed by atoms with Crippen LogP contribution < -0.4 is 20.4 Å². The van der Waals surface area contributed by atoms with Crippen LogP contribution in [0.1, 0.15) is 32.6 Å². The number of piperidine rings is 1. The molecule has 3 heterocycles. The molecule has 0 radical (unpaired) electrons. The van der Waals surface area contributed by atoms with E-state index in [0.717, 1.165) is 64.0 Å². The maximum Gasteiger partial charge on any atom is 0.232 e. The SMILES string of the molecule is CCCNC(=S)Nc1nc(N2CCCCC2)cc(N2CCOCC2)n1. The molecule has 0 saturated carbocycles. The number of nitrogens with zero attached hydrogens (tertiary/aromatic N) is 4. The monoisotopic (exact) mass is 364 g/mol. The summed E-state index contributed by atoms with van der Waals surface area (Å²) in [6.45, 7) is 8.25. The minimum absolute atomic E-state index is 0.568. The van der Waals surface area contributed by atoms with Crippen molar-refractivity contribution in [2.75, 3.05) is 61.1 Å². The summed E-state index contributed by atoms with van der Waals surface area (Å²) in [7, 11) is 0. The summed E-state index contributed by atoms with van der Waals surface area (Å²) in [6.07, 6.45) is 4.76. The van der Waals surface area contributed by atoms with E-state index in [9.17, 15) is 0 Å². The molecule has 2 N–H and O–H groups in total. The van der Waals surface area contributed by atoms with Crippen LogP contribution in [0.15, 0.2) is 6.07 Å². The van der Waals surface area contributed by atoms with Crippen LogP contribution in [-0.2, 0) is 4.74 Å². The Labute approximate surface area is 155 Å². The minimum Gasteiger partial charge on any atom is -0.378 e. The van der Waals surface area contributed by atoms with Crippen molar-refractivity contribution in [1.82, 2.24) is 15.3 Å². The molecule has 0 amide bonds. The van der Waals surface area contributed by atoms with Crippen LogP contribution in [0.5, 0.6) is 0 Å². The molecule has 1 aromatic rings. The van der Waals surface area contributed by atoms with Gasteiger partial charge in [0, 0.05) is 38.8 Å². The Morgan fingerprint density at radius 1 is 1.08 bits per heavy atom. The molecular weight excluding hydrogens is 336 g/mol. The first-order valence-electron chi connectivity index (χ1n) is 9.28. The standard InChI is InChI=1S/C17H28N6OS/c1-2-6-18-17(25)21-16-19-14(22-7-4-3-5-8-22)13-15(20-16)23-9-11-24-12-10-23/h13H,2-12H2,1H3,(H2,18,19,20,21,25). The van der Waals surface area contributed by atoms with E-state index in [1.165, 1.54) is 19.3 Å². The molecule has 25 heavy (non-hydrogen) atoms. The third kappa shape index (κ3) is 5.15. The second kappa shape index (κ2) is 9.15. The molecule has 0 unspecified atom stereocenters. The fourth-order valence-electron chi connectivity index (χ4n) is 3.10. The van der Waals surface area contributed by atoms with E-state index in [0.29, 0.717) is 11.1 Å². The van der Waals surface area contributed by atoms with Crippen molar-refractivity contribution < 1.29 is 4.74 Å². The lowest BCUT2D eigenvalue weighted by Crippen LogP contribution is -2.38. The number of hydrogen-bond donors (Lipinski definition) is 2. The number of rotatable bonds is 5. The second-order valence-electron chi connectivity index (χ2n) is 6.44. The third-order valence-corrected chi connectivity index (χ3v) is 4.72. The number of anilines is 3. The van der Waals surface area contributed by atoms with E-state index in [2.05, 4.69) is 33.4 Å². The molecule has 0 bridgehead atoms. The van der Waals surface area contributed by atoms with Gasteiger partial charge in [0.25, 0.3) is 0 Å². The normalized spacial score (nSPS) is 18.1. The summed E-state index contributed by atoms with van der Waals surface area (Å²) >= 11 is 5.35. The maximum absolute atomic E-state index is 5.46. The average Bonchev–Trinajstić information content (AvgIpc) is 2.67. The van der Waals surface area contributed by atoms with Crippen molar-refractivity contribution in [2.45, 2.75) is 32.6 Å². The molecule has 2 aliphatic rings. The van der Waals surface area contributed by atoms with Crippen molar-refractivity contribution in [3.63, 3.8) is 0 Å². The Hall–Kier alpha value is -1.67. The summed E-state index contributed by atoms with van der Waals surface area (Å²) in [6, 6.07) is 2.10. The van der Waals surface area contributed by atoms with Gasteiger partial charge in [-0.3, -0.25) is 0 Å². The molecular formula is C17H28N6OS. The van der Waals surface area contributed by atoms with Crippen LogP contribution in [0.2, 0.25) is 0 Å². The highest BCUT2D eigenvalue weighted by atomic mass is 32.1. The number of hydrogen-bond acceptors (Lipinski definition) is 6. The van der Waals surface area contributed by atoms with Crippen molar-refractivity contribution in [1.29, 1.82) is 0 Å². The van der Waals surface area contributed by atoms with Crippen LogP contribution in [0, 0.1) is 0 Å². The molecule has 0 aliphatic carbocycles. The van der Waals surface area contributed by atoms with Crippen molar-refractivity contribution in [3.8, 4) is 0 Å². The molecule has 7 nitrogen and oxygen atoms in total. The molecule has 2 saturated heterocycles. The van der Waals surface area contributed by atoms with Crippen molar-refractivity contribution in [3.05, 3.63) is 6.07 Å². The molecule has 2 aliphatic heterocycles. The Bertz CT molecular complexity index is 536. The van der Waals surface area contributed by atoms with Gasteiger partial charge >= 0.3 is 0 Å². The highest BCUT2D eigenvalue weighted by molar-refractivity contribution is 7.80. The van der Waals surface area contributed by atoms with Gasteiger partial charge in [-0.15, -0.1) is 0 Å². The molecule has 138 valence electrons. The van der Waals surface area contributed by atoms with E-state index in [-0.39, 0.29) is 0 Å². The molecule has 2 fully saturated rings. The number of ether oxygens (including phenoxy) is 1. The molecule has 8 heteroatoms. The number of thiocarbonyl (C=S) groups is 1. The zero-order chi connectivity index (χ0) is 17.5. The van der Waals surface area contributed by atoms with Gasteiger partial charge in [0.05, 0.1) is 13.2 Å². The number of aromatic nitrogens is 2. The zero-order valence-corrected chi connectivity index (χ0v) is 15.8. The predicted molar refractivity (Wildman–Crippen MR) is 106 cm³/mol. The largest absolute Gasteiger partial charge is 0.378 e. The van der Waals surface area contributed by atoms with Gasteiger partial charge in [0.15, 0.2) is 5.11 Å². The van der Waals surface area contributed by atoms with Crippen LogP contribution in [0.25, 0.3) is 0 Å². The fourth-order valence-corrected chi connectivity index (χ4v) is 3.30. The van der Waals surface area contributed by atoms with Crippen LogP contribution in [0.4, 0.5) is 17.6 Å². The Kier molecular flexibility index (Phi) is 6.63. The minimum atomic E-state index is 0.568. The van der Waals surface area contributed by atoms with Crippen molar-refractivity contribution >= 4 is 34.9 Å². The van der Waals surface area contributed by atoms with Crippen LogP contribution in [-0.4, -0.2) is 61.0 Å². The van der Waals surface area contributed by atoms with Crippen molar-refractivity contribution in [2.24, 2.45) is 0 Å². The second-order valence-corrected chi connectivity index (χ2v) is 6.84. The molecule has 0 spiro atoms. The van der Waals surface area contributed by atoms with E-state index >= 15 is 0 Å². The first-order valence-corrected chi connectivity index (χ1v) is 9.68. The van der Waals surface area contributed by atoms with Crippen LogP contribution >= 0.6 is 12.2 Å². The summed E-state index contributed by atoms with van der Waals surface area (Å²) in [4.78, 5) is 14.0. The highest BCUT2D eigenvalue weighted by Crippen LogP contribution is 2.24. The predicted octanol–water partition coefficient (Wildman–Crippen LogP) is 2.00. The summed E-state index contributed by atoms with van der Waals surface area (Å²) in [5.74, 6) is 2.50. The topological polar surface area (TPSA) is 65.6 Å². The molecule has 0 atom stereocenters. The molecule has 0 aromatic carbocycles. The van der Waals surface area contributed by atoms with E-state index in [4.69, 9.17) is 26.9 Å². The lowest BCUT2D eigenvalue weighted by Gasteiger charge is -2.31. The number of nitrogens with one attached hydrogen (secondary N) is 2. The highest BCUT2D eigenvalue weighted by Gasteiger charge is 2.19. The van der Waals surface area contributed by atoms with Crippen LogP contribution in [0.3, 0.4) is 0 Å². The van der Waals surface area contributed by atoms with Gasteiger partial charge in [-0.05, 0) is 37.9 Å². The first-order chi connectivity index (χ1) is 12.3. The van der Waals surface area contributed by atoms with Gasteiger partial charge in [-0.2, -0.15) is 9.97 Å². The average molecular weight is 365 g/mol. The van der Waals surface area contributed by atoms with E-state index in [1.807, 2.05) is 0 Å². The zero-order valence-electron chi connectivity index (χ0n) is 15.0. The maximum atomic E-state index is 5.46. The van der Waals surface area contributed by atoms with E-state index < -0.39 is 0 Å². The Morgan fingerprint density at radius 3 is 2.36 bits per heavy atom. The Morgan fingerprint density at radius 2 is 1.72 bits per heavy atom. The summed E-state index contributed by atoms with van der Waals surface area (Å²) in [5.41, 5.74) is 0. The lowest BCUT2D eigenvalue weighted by atomic mass is 10.1. The fraction of sp³-hybridized carbons (Fsp3) is 0.706. The summed E-state index contributed by atoms with van der Waals surface area (Å²) < 4.78 is 5.46.